The number of aromatic nitrogens is 4. The smallest absolute Gasteiger partial charge is 0.365 e. The van der Waals surface area contributed by atoms with E-state index in [2.05, 4.69) is 20.2 Å². The zero-order valence-electron chi connectivity index (χ0n) is 14.8. The van der Waals surface area contributed by atoms with Gasteiger partial charge in [-0.2, -0.15) is 4.68 Å². The fraction of sp³-hybridized carbons (Fsp3) is 0.176. The number of carbonyl (C=O) groups excluding carboxylic acids is 1. The number of hydrogen-bond acceptors (Lipinski definition) is 7. The molecule has 0 fully saturated rings. The summed E-state index contributed by atoms with van der Waals surface area (Å²) < 4.78 is 33.3. The number of tetrazole rings is 1. The molecule has 1 aromatic heterocycles. The minimum Gasteiger partial charge on any atom is -0.469 e. The first kappa shape index (κ1) is 19.3. The summed E-state index contributed by atoms with van der Waals surface area (Å²) in [5.74, 6) is -2.08. The fourth-order valence-corrected chi connectivity index (χ4v) is 3.95. The molecule has 3 aromatic rings. The second kappa shape index (κ2) is 8.05. The number of carbonyl (C=O) groups is 1. The Morgan fingerprint density at radius 1 is 1.18 bits per heavy atom. The van der Waals surface area contributed by atoms with E-state index in [9.17, 15) is 18.0 Å². The molecule has 0 bridgehead atoms. The van der Waals surface area contributed by atoms with Crippen molar-refractivity contribution < 1.29 is 17.9 Å². The van der Waals surface area contributed by atoms with Crippen molar-refractivity contribution in [2.45, 2.75) is 5.92 Å². The number of ether oxygens (including phenoxy) is 1. The van der Waals surface area contributed by atoms with E-state index in [0.29, 0.717) is 11.3 Å². The van der Waals surface area contributed by atoms with Gasteiger partial charge in [0.05, 0.1) is 24.5 Å². The van der Waals surface area contributed by atoms with Crippen LogP contribution in [0.15, 0.2) is 59.4 Å². The van der Waals surface area contributed by atoms with Crippen molar-refractivity contribution in [3.63, 3.8) is 0 Å². The number of aromatic amines is 1. The predicted molar refractivity (Wildman–Crippen MR) is 101 cm³/mol. The van der Waals surface area contributed by atoms with E-state index >= 15 is 0 Å². The van der Waals surface area contributed by atoms with E-state index in [1.807, 2.05) is 0 Å². The number of anilines is 1. The van der Waals surface area contributed by atoms with E-state index in [1.54, 1.807) is 30.3 Å². The molecule has 0 radical (unpaired) electrons. The first-order valence-corrected chi connectivity index (χ1v) is 9.79. The summed E-state index contributed by atoms with van der Waals surface area (Å²) in [6.07, 6.45) is 0. The van der Waals surface area contributed by atoms with Crippen LogP contribution in [-0.2, 0) is 19.6 Å². The van der Waals surface area contributed by atoms with Gasteiger partial charge in [0.2, 0.25) is 10.0 Å². The third kappa shape index (κ3) is 4.43. The number of methoxy groups -OCH3 is 1. The Kier molecular flexibility index (Phi) is 5.54. The average Bonchev–Trinajstić information content (AvgIpc) is 3.12. The fourth-order valence-electron chi connectivity index (χ4n) is 2.61. The Balaban J connectivity index is 1.78. The molecule has 2 N–H and O–H groups in total. The lowest BCUT2D eigenvalue weighted by atomic mass is 10.0. The van der Waals surface area contributed by atoms with Gasteiger partial charge >= 0.3 is 11.7 Å². The summed E-state index contributed by atoms with van der Waals surface area (Å²) in [5, 5.41) is 9.15. The number of esters is 1. The number of nitrogens with zero attached hydrogens (tertiary/aromatic N) is 3. The molecular weight excluding hydrogens is 386 g/mol. The normalized spacial score (nSPS) is 12.3. The number of sulfonamides is 1. The highest BCUT2D eigenvalue weighted by Gasteiger charge is 2.28. The summed E-state index contributed by atoms with van der Waals surface area (Å²) in [6.45, 7) is 0. The van der Waals surface area contributed by atoms with Gasteiger partial charge < -0.3 is 4.74 Å². The molecule has 1 heterocycles. The Morgan fingerprint density at radius 2 is 1.86 bits per heavy atom. The number of nitrogens with one attached hydrogen (secondary N) is 2. The van der Waals surface area contributed by atoms with Crippen LogP contribution in [0.3, 0.4) is 0 Å². The highest BCUT2D eigenvalue weighted by atomic mass is 32.2. The van der Waals surface area contributed by atoms with E-state index in [-0.39, 0.29) is 5.69 Å². The first-order valence-electron chi connectivity index (χ1n) is 8.14. The summed E-state index contributed by atoms with van der Waals surface area (Å²) in [4.78, 5) is 23.6. The Bertz CT molecular complexity index is 1110. The molecule has 0 saturated carbocycles. The van der Waals surface area contributed by atoms with Crippen LogP contribution in [0.1, 0.15) is 11.5 Å². The van der Waals surface area contributed by atoms with Crippen molar-refractivity contribution in [1.82, 2.24) is 20.2 Å². The second-order valence-corrected chi connectivity index (χ2v) is 7.60. The standard InChI is InChI=1S/C17H17N5O5S/c1-27-16(23)15(12-5-3-2-4-6-12)11-28(25,26)19-13-7-9-14(10-8-13)22-17(24)18-20-21-22/h2-10,15,19H,11H2,1H3,(H,18,21,24). The summed E-state index contributed by atoms with van der Waals surface area (Å²) in [5.41, 5.74) is 0.716. The lowest BCUT2D eigenvalue weighted by molar-refractivity contribution is -0.141. The molecule has 2 aromatic carbocycles. The summed E-state index contributed by atoms with van der Waals surface area (Å²) in [7, 11) is -2.65. The number of H-pyrrole nitrogens is 1. The minimum absolute atomic E-state index is 0.275. The average molecular weight is 403 g/mol. The van der Waals surface area contributed by atoms with Gasteiger partial charge in [-0.3, -0.25) is 9.52 Å². The zero-order chi connectivity index (χ0) is 20.1. The quantitative estimate of drug-likeness (QED) is 0.553. The van der Waals surface area contributed by atoms with E-state index in [4.69, 9.17) is 4.74 Å². The Labute approximate surface area is 160 Å². The molecule has 0 amide bonds. The van der Waals surface area contributed by atoms with Crippen molar-refractivity contribution in [2.75, 3.05) is 17.6 Å². The number of hydrogen-bond donors (Lipinski definition) is 2. The molecule has 0 aliphatic heterocycles. The van der Waals surface area contributed by atoms with Crippen molar-refractivity contribution >= 4 is 21.7 Å². The van der Waals surface area contributed by atoms with Gasteiger partial charge in [0.15, 0.2) is 0 Å². The highest BCUT2D eigenvalue weighted by Crippen LogP contribution is 2.21. The van der Waals surface area contributed by atoms with E-state index in [1.165, 1.54) is 31.4 Å². The zero-order valence-corrected chi connectivity index (χ0v) is 15.6. The molecule has 1 atom stereocenters. The van der Waals surface area contributed by atoms with E-state index in [0.717, 1.165) is 4.68 Å². The predicted octanol–water partition coefficient (Wildman–Crippen LogP) is 0.654. The molecule has 28 heavy (non-hydrogen) atoms. The van der Waals surface area contributed by atoms with Crippen molar-refractivity contribution in [1.29, 1.82) is 0 Å². The second-order valence-electron chi connectivity index (χ2n) is 5.83. The van der Waals surface area contributed by atoms with Gasteiger partial charge in [-0.05, 0) is 40.3 Å². The Morgan fingerprint density at radius 3 is 2.43 bits per heavy atom. The van der Waals surface area contributed by atoms with Crippen LogP contribution in [0.2, 0.25) is 0 Å². The van der Waals surface area contributed by atoms with Crippen LogP contribution in [0.4, 0.5) is 5.69 Å². The highest BCUT2D eigenvalue weighted by molar-refractivity contribution is 7.92. The molecule has 0 aliphatic carbocycles. The van der Waals surface area contributed by atoms with Crippen molar-refractivity contribution in [3.8, 4) is 5.69 Å². The molecular formula is C17H17N5O5S. The maximum atomic E-state index is 12.6. The van der Waals surface area contributed by atoms with Crippen molar-refractivity contribution in [3.05, 3.63) is 70.6 Å². The van der Waals surface area contributed by atoms with Crippen LogP contribution in [0.5, 0.6) is 0 Å². The van der Waals surface area contributed by atoms with Gasteiger partial charge in [0, 0.05) is 5.69 Å². The molecule has 0 aliphatic rings. The molecule has 11 heteroatoms. The molecule has 1 unspecified atom stereocenters. The minimum atomic E-state index is -3.87. The molecule has 146 valence electrons. The first-order chi connectivity index (χ1) is 13.4. The third-order valence-electron chi connectivity index (χ3n) is 3.93. The van der Waals surface area contributed by atoms with E-state index < -0.39 is 33.4 Å². The lowest BCUT2D eigenvalue weighted by Gasteiger charge is -2.16. The maximum absolute atomic E-state index is 12.6. The van der Waals surface area contributed by atoms with Crippen LogP contribution >= 0.6 is 0 Å². The largest absolute Gasteiger partial charge is 0.469 e. The van der Waals surface area contributed by atoms with Gasteiger partial charge in [0.25, 0.3) is 0 Å². The van der Waals surface area contributed by atoms with Gasteiger partial charge in [-0.15, -0.1) is 0 Å². The number of rotatable bonds is 7. The van der Waals surface area contributed by atoms with Gasteiger partial charge in [-0.1, -0.05) is 30.3 Å². The van der Waals surface area contributed by atoms with Crippen LogP contribution < -0.4 is 10.4 Å². The van der Waals surface area contributed by atoms with Gasteiger partial charge in [-0.25, -0.2) is 18.3 Å². The maximum Gasteiger partial charge on any atom is 0.365 e. The third-order valence-corrected chi connectivity index (χ3v) is 5.25. The van der Waals surface area contributed by atoms with Crippen LogP contribution in [0.25, 0.3) is 5.69 Å². The molecule has 10 nitrogen and oxygen atoms in total. The van der Waals surface area contributed by atoms with Gasteiger partial charge in [0.1, 0.15) is 0 Å². The van der Waals surface area contributed by atoms with Crippen molar-refractivity contribution in [2.24, 2.45) is 0 Å². The monoisotopic (exact) mass is 403 g/mol. The molecule has 0 spiro atoms. The Hall–Kier alpha value is -3.47. The molecule has 0 saturated heterocycles. The summed E-state index contributed by atoms with van der Waals surface area (Å²) in [6, 6.07) is 14.5. The topological polar surface area (TPSA) is 136 Å². The lowest BCUT2D eigenvalue weighted by Crippen LogP contribution is -2.27. The SMILES string of the molecule is COC(=O)C(CS(=O)(=O)Nc1ccc(-n2nn[nH]c2=O)cc1)c1ccccc1. The van der Waals surface area contributed by atoms with Crippen LogP contribution in [-0.4, -0.2) is 47.5 Å². The van der Waals surface area contributed by atoms with Crippen LogP contribution in [0, 0.1) is 0 Å². The molecule has 3 rings (SSSR count). The summed E-state index contributed by atoms with van der Waals surface area (Å²) >= 11 is 0. The number of benzene rings is 2.